The topological polar surface area (TPSA) is 0 Å². The van der Waals surface area contributed by atoms with Crippen molar-refractivity contribution >= 4 is 0 Å². The van der Waals surface area contributed by atoms with E-state index in [9.17, 15) is 17.6 Å². The molecule has 0 nitrogen and oxygen atoms in total. The van der Waals surface area contributed by atoms with Crippen LogP contribution in [0.4, 0.5) is 17.6 Å². The maximum atomic E-state index is 14.7. The van der Waals surface area contributed by atoms with Crippen molar-refractivity contribution in [2.45, 2.75) is 116 Å². The molecule has 0 spiro atoms. The van der Waals surface area contributed by atoms with Gasteiger partial charge in [-0.1, -0.05) is 58.4 Å². The molecule has 1 aromatic rings. The Kier molecular flexibility index (Phi) is 9.09. The molecular formula is C28H42F4. The van der Waals surface area contributed by atoms with E-state index < -0.39 is 17.9 Å². The van der Waals surface area contributed by atoms with E-state index >= 15 is 0 Å². The fourth-order valence-corrected chi connectivity index (χ4v) is 6.69. The Morgan fingerprint density at radius 2 is 1.38 bits per heavy atom. The summed E-state index contributed by atoms with van der Waals surface area (Å²) in [6.45, 7) is 5.55. The van der Waals surface area contributed by atoms with Gasteiger partial charge in [0.2, 0.25) is 0 Å². The first kappa shape index (κ1) is 25.6. The van der Waals surface area contributed by atoms with Crippen LogP contribution in [-0.4, -0.2) is 6.18 Å². The van der Waals surface area contributed by atoms with Crippen LogP contribution >= 0.6 is 0 Å². The molecule has 1 aromatic carbocycles. The molecule has 2 aliphatic rings. The van der Waals surface area contributed by atoms with Crippen molar-refractivity contribution in [3.05, 3.63) is 34.6 Å². The van der Waals surface area contributed by atoms with Gasteiger partial charge in [0.05, 0.1) is 5.92 Å². The second kappa shape index (κ2) is 11.4. The molecule has 2 saturated carbocycles. The zero-order chi connectivity index (χ0) is 23.3. The number of rotatable bonds is 8. The summed E-state index contributed by atoms with van der Waals surface area (Å²) in [6, 6.07) is 3.04. The van der Waals surface area contributed by atoms with E-state index in [4.69, 9.17) is 0 Å². The van der Waals surface area contributed by atoms with Gasteiger partial charge in [-0.3, -0.25) is 0 Å². The third-order valence-electron chi connectivity index (χ3n) is 8.48. The highest BCUT2D eigenvalue weighted by atomic mass is 19.4. The Labute approximate surface area is 192 Å². The van der Waals surface area contributed by atoms with Gasteiger partial charge in [-0.25, -0.2) is 4.39 Å². The van der Waals surface area contributed by atoms with Gasteiger partial charge in [0, 0.05) is 5.56 Å². The molecular weight excluding hydrogens is 412 g/mol. The minimum absolute atomic E-state index is 0.108. The second-order valence-electron chi connectivity index (χ2n) is 10.7. The molecule has 1 atom stereocenters. The van der Waals surface area contributed by atoms with E-state index in [1.54, 1.807) is 13.0 Å². The molecule has 0 bridgehead atoms. The second-order valence-corrected chi connectivity index (χ2v) is 10.7. The van der Waals surface area contributed by atoms with Crippen LogP contribution in [0.15, 0.2) is 12.1 Å². The maximum Gasteiger partial charge on any atom is 0.395 e. The van der Waals surface area contributed by atoms with Gasteiger partial charge in [-0.05, 0) is 92.7 Å². The van der Waals surface area contributed by atoms with Gasteiger partial charge in [-0.2, -0.15) is 13.2 Å². The number of hydrogen-bond donors (Lipinski definition) is 0. The Hall–Kier alpha value is -1.06. The number of alkyl halides is 3. The molecule has 2 fully saturated rings. The van der Waals surface area contributed by atoms with Gasteiger partial charge in [-0.15, -0.1) is 0 Å². The Morgan fingerprint density at radius 3 is 1.84 bits per heavy atom. The molecule has 182 valence electrons. The van der Waals surface area contributed by atoms with Gasteiger partial charge in [0.15, 0.2) is 0 Å². The zero-order valence-electron chi connectivity index (χ0n) is 20.2. The molecule has 32 heavy (non-hydrogen) atoms. The first-order valence-electron chi connectivity index (χ1n) is 13.1. The predicted molar refractivity (Wildman–Crippen MR) is 124 cm³/mol. The van der Waals surface area contributed by atoms with E-state index in [-0.39, 0.29) is 12.0 Å². The van der Waals surface area contributed by atoms with Crippen LogP contribution < -0.4 is 0 Å². The number of hydrogen-bond acceptors (Lipinski definition) is 0. The summed E-state index contributed by atoms with van der Waals surface area (Å²) >= 11 is 0. The molecule has 4 heteroatoms. The molecule has 1 unspecified atom stereocenters. The van der Waals surface area contributed by atoms with Crippen LogP contribution in [0.3, 0.4) is 0 Å². The summed E-state index contributed by atoms with van der Waals surface area (Å²) in [7, 11) is 0. The van der Waals surface area contributed by atoms with Crippen molar-refractivity contribution in [2.24, 2.45) is 23.7 Å². The van der Waals surface area contributed by atoms with Crippen molar-refractivity contribution < 1.29 is 17.6 Å². The van der Waals surface area contributed by atoms with Crippen LogP contribution in [0.5, 0.6) is 0 Å². The summed E-state index contributed by atoms with van der Waals surface area (Å²) in [5.41, 5.74) is 1.17. The van der Waals surface area contributed by atoms with Crippen molar-refractivity contribution in [1.82, 2.24) is 0 Å². The van der Waals surface area contributed by atoms with Crippen molar-refractivity contribution in [2.75, 3.05) is 0 Å². The van der Waals surface area contributed by atoms with Gasteiger partial charge >= 0.3 is 6.18 Å². The van der Waals surface area contributed by atoms with E-state index in [1.807, 2.05) is 0 Å². The third kappa shape index (κ3) is 6.50. The predicted octanol–water partition coefficient (Wildman–Crippen LogP) is 9.54. The number of benzene rings is 1. The first-order chi connectivity index (χ1) is 15.2. The average molecular weight is 455 g/mol. The van der Waals surface area contributed by atoms with E-state index in [1.165, 1.54) is 77.2 Å². The Bertz CT molecular complexity index is 707. The van der Waals surface area contributed by atoms with Crippen LogP contribution in [-0.2, 0) is 6.42 Å². The molecule has 0 N–H and O–H groups in total. The number of halogens is 4. The molecule has 0 aliphatic heterocycles. The summed E-state index contributed by atoms with van der Waals surface area (Å²) < 4.78 is 55.4. The van der Waals surface area contributed by atoms with Gasteiger partial charge < -0.3 is 0 Å². The molecule has 3 rings (SSSR count). The lowest BCUT2D eigenvalue weighted by atomic mass is 9.68. The summed E-state index contributed by atoms with van der Waals surface area (Å²) in [4.78, 5) is 0. The van der Waals surface area contributed by atoms with Crippen LogP contribution in [0.2, 0.25) is 0 Å². The van der Waals surface area contributed by atoms with Gasteiger partial charge in [0.1, 0.15) is 5.82 Å². The van der Waals surface area contributed by atoms with Gasteiger partial charge in [0.25, 0.3) is 0 Å². The summed E-state index contributed by atoms with van der Waals surface area (Å²) in [5, 5.41) is 0. The zero-order valence-corrected chi connectivity index (χ0v) is 20.2. The SMILES string of the molecule is CCCC1CCC(C2CCC(CCc3cc(C)cc(F)c3C(CC)C(F)(F)F)CC2)CC1. The Morgan fingerprint density at radius 1 is 0.844 bits per heavy atom. The minimum Gasteiger partial charge on any atom is -0.207 e. The van der Waals surface area contributed by atoms with Crippen LogP contribution in [0.25, 0.3) is 0 Å². The molecule has 0 saturated heterocycles. The van der Waals surface area contributed by atoms with E-state index in [0.29, 0.717) is 23.5 Å². The molecule has 0 aromatic heterocycles. The lowest BCUT2D eigenvalue weighted by Gasteiger charge is -2.38. The Balaban J connectivity index is 1.56. The molecule has 0 radical (unpaired) electrons. The first-order valence-corrected chi connectivity index (χ1v) is 13.1. The standard InChI is InChI=1S/C28H42F4/c1-4-6-20-7-12-22(13-8-20)23-14-9-21(10-15-23)11-16-24-17-19(3)18-26(29)27(24)25(5-2)28(30,31)32/h17-18,20-23,25H,4-16H2,1-3H3. The highest BCUT2D eigenvalue weighted by Crippen LogP contribution is 2.44. The van der Waals surface area contributed by atoms with Crippen LogP contribution in [0.1, 0.15) is 114 Å². The quantitative estimate of drug-likeness (QED) is 0.343. The molecule has 0 amide bonds. The van der Waals surface area contributed by atoms with Crippen molar-refractivity contribution in [1.29, 1.82) is 0 Å². The highest BCUT2D eigenvalue weighted by molar-refractivity contribution is 5.36. The number of aryl methyl sites for hydroxylation is 2. The molecule has 0 heterocycles. The highest BCUT2D eigenvalue weighted by Gasteiger charge is 2.42. The van der Waals surface area contributed by atoms with Crippen molar-refractivity contribution in [3.63, 3.8) is 0 Å². The van der Waals surface area contributed by atoms with E-state index in [2.05, 4.69) is 6.92 Å². The maximum absolute atomic E-state index is 14.7. The smallest absolute Gasteiger partial charge is 0.207 e. The third-order valence-corrected chi connectivity index (χ3v) is 8.48. The fourth-order valence-electron chi connectivity index (χ4n) is 6.69. The summed E-state index contributed by atoms with van der Waals surface area (Å²) in [5.74, 6) is 0.836. The van der Waals surface area contributed by atoms with Crippen molar-refractivity contribution in [3.8, 4) is 0 Å². The fraction of sp³-hybridized carbons (Fsp3) is 0.786. The summed E-state index contributed by atoms with van der Waals surface area (Å²) in [6.07, 6.45) is 10.1. The normalized spacial score (nSPS) is 28.0. The lowest BCUT2D eigenvalue weighted by molar-refractivity contribution is -0.151. The largest absolute Gasteiger partial charge is 0.395 e. The minimum atomic E-state index is -4.41. The molecule has 2 aliphatic carbocycles. The van der Waals surface area contributed by atoms with Crippen LogP contribution in [0, 0.1) is 36.4 Å². The van der Waals surface area contributed by atoms with E-state index in [0.717, 1.165) is 24.2 Å². The monoisotopic (exact) mass is 454 g/mol. The average Bonchev–Trinajstić information content (AvgIpc) is 2.74. The lowest BCUT2D eigenvalue weighted by Crippen LogP contribution is -2.26.